The molecule has 0 fully saturated rings. The number of rotatable bonds is 6. The zero-order chi connectivity index (χ0) is 17.7. The number of benzene rings is 1. The second-order valence-electron chi connectivity index (χ2n) is 5.59. The quantitative estimate of drug-likeness (QED) is 0.841. The lowest BCUT2D eigenvalue weighted by Gasteiger charge is -2.23. The molecule has 1 heterocycles. The van der Waals surface area contributed by atoms with Crippen molar-refractivity contribution in [3.8, 4) is 0 Å². The summed E-state index contributed by atoms with van der Waals surface area (Å²) in [6, 6.07) is 6.57. The van der Waals surface area contributed by atoms with E-state index < -0.39 is 0 Å². The van der Waals surface area contributed by atoms with E-state index >= 15 is 0 Å². The van der Waals surface area contributed by atoms with Crippen molar-refractivity contribution in [3.63, 3.8) is 0 Å². The Hall–Kier alpha value is -2.25. The van der Waals surface area contributed by atoms with Crippen LogP contribution in [0.5, 0.6) is 0 Å². The predicted octanol–water partition coefficient (Wildman–Crippen LogP) is 2.27. The van der Waals surface area contributed by atoms with Gasteiger partial charge in [0, 0.05) is 35.9 Å². The van der Waals surface area contributed by atoms with Crippen LogP contribution in [0.25, 0.3) is 0 Å². The molecular weight excluding hydrogens is 324 g/mol. The van der Waals surface area contributed by atoms with Crippen molar-refractivity contribution in [3.05, 3.63) is 45.9 Å². The average molecular weight is 346 g/mol. The Balaban J connectivity index is 1.99. The van der Waals surface area contributed by atoms with Crippen LogP contribution in [0, 0.1) is 6.92 Å². The van der Waals surface area contributed by atoms with Crippen LogP contribution < -0.4 is 10.6 Å². The Morgan fingerprint density at radius 1 is 1.38 bits per heavy atom. The fourth-order valence-electron chi connectivity index (χ4n) is 2.19. The first-order valence-electron chi connectivity index (χ1n) is 7.65. The van der Waals surface area contributed by atoms with Crippen molar-refractivity contribution in [2.75, 3.05) is 19.4 Å². The number of nitrogens with one attached hydrogen (secondary N) is 2. The average Bonchev–Trinajstić information content (AvgIpc) is 2.98. The summed E-state index contributed by atoms with van der Waals surface area (Å²) < 4.78 is 0. The van der Waals surface area contributed by atoms with Gasteiger partial charge in [-0.3, -0.25) is 14.5 Å². The van der Waals surface area contributed by atoms with E-state index in [0.717, 1.165) is 9.88 Å². The number of aromatic nitrogens is 1. The minimum absolute atomic E-state index is 0.118. The summed E-state index contributed by atoms with van der Waals surface area (Å²) in [6.45, 7) is 4.48. The van der Waals surface area contributed by atoms with E-state index in [2.05, 4.69) is 15.6 Å². The third kappa shape index (κ3) is 4.62. The molecule has 0 aliphatic rings. The molecule has 0 saturated carbocycles. The van der Waals surface area contributed by atoms with Gasteiger partial charge in [-0.05, 0) is 39.1 Å². The van der Waals surface area contributed by atoms with Crippen LogP contribution >= 0.6 is 11.3 Å². The number of thiazole rings is 1. The van der Waals surface area contributed by atoms with Gasteiger partial charge in [-0.25, -0.2) is 4.98 Å². The second kappa shape index (κ2) is 8.03. The topological polar surface area (TPSA) is 74.3 Å². The summed E-state index contributed by atoms with van der Waals surface area (Å²) in [5, 5.41) is 6.44. The van der Waals surface area contributed by atoms with Crippen LogP contribution in [-0.2, 0) is 11.3 Å². The van der Waals surface area contributed by atoms with E-state index in [-0.39, 0.29) is 17.9 Å². The molecule has 6 nitrogen and oxygen atoms in total. The van der Waals surface area contributed by atoms with Crippen molar-refractivity contribution in [2.45, 2.75) is 26.4 Å². The maximum atomic E-state index is 12.4. The van der Waals surface area contributed by atoms with Gasteiger partial charge < -0.3 is 10.6 Å². The van der Waals surface area contributed by atoms with Gasteiger partial charge >= 0.3 is 0 Å². The smallest absolute Gasteiger partial charge is 0.251 e. The molecule has 1 aromatic heterocycles. The standard InChI is InChI=1S/C17H22N4O2S/c1-11(21(4)10-15-9-19-12(2)24-15)16(22)20-14-7-5-6-13(8-14)17(23)18-3/h5-9,11H,10H2,1-4H3,(H,18,23)(H,20,22)/t11-/m1/s1. The van der Waals surface area contributed by atoms with Gasteiger partial charge in [0.25, 0.3) is 5.91 Å². The molecule has 0 spiro atoms. The lowest BCUT2D eigenvalue weighted by atomic mass is 10.2. The van der Waals surface area contributed by atoms with E-state index in [1.165, 1.54) is 0 Å². The molecule has 7 heteroatoms. The first-order chi connectivity index (χ1) is 11.4. The summed E-state index contributed by atoms with van der Waals surface area (Å²) in [5.41, 5.74) is 1.12. The van der Waals surface area contributed by atoms with E-state index in [4.69, 9.17) is 0 Å². The molecule has 2 amide bonds. The minimum atomic E-state index is -0.309. The highest BCUT2D eigenvalue weighted by atomic mass is 32.1. The molecule has 0 radical (unpaired) electrons. The van der Waals surface area contributed by atoms with Crippen LogP contribution in [0.3, 0.4) is 0 Å². The van der Waals surface area contributed by atoms with Crippen molar-refractivity contribution < 1.29 is 9.59 Å². The van der Waals surface area contributed by atoms with Crippen LogP contribution in [0.4, 0.5) is 5.69 Å². The molecule has 0 aliphatic carbocycles. The molecule has 24 heavy (non-hydrogen) atoms. The largest absolute Gasteiger partial charge is 0.355 e. The summed E-state index contributed by atoms with van der Waals surface area (Å²) in [7, 11) is 3.48. The van der Waals surface area contributed by atoms with Crippen LogP contribution in [-0.4, -0.2) is 41.8 Å². The summed E-state index contributed by atoms with van der Waals surface area (Å²) in [4.78, 5) is 31.4. The fraction of sp³-hybridized carbons (Fsp3) is 0.353. The highest BCUT2D eigenvalue weighted by Crippen LogP contribution is 2.16. The molecule has 0 bridgehead atoms. The maximum Gasteiger partial charge on any atom is 0.251 e. The number of amides is 2. The van der Waals surface area contributed by atoms with Crippen molar-refractivity contribution >= 4 is 28.8 Å². The first-order valence-corrected chi connectivity index (χ1v) is 8.47. The van der Waals surface area contributed by atoms with E-state index in [0.29, 0.717) is 17.8 Å². The molecule has 0 unspecified atom stereocenters. The molecule has 0 saturated heterocycles. The summed E-state index contributed by atoms with van der Waals surface area (Å²) in [5.74, 6) is -0.301. The third-order valence-electron chi connectivity index (χ3n) is 3.73. The molecule has 2 rings (SSSR count). The lowest BCUT2D eigenvalue weighted by molar-refractivity contribution is -0.120. The molecular formula is C17H22N4O2S. The first kappa shape index (κ1) is 18.1. The minimum Gasteiger partial charge on any atom is -0.355 e. The Morgan fingerprint density at radius 3 is 2.75 bits per heavy atom. The van der Waals surface area contributed by atoms with Crippen LogP contribution in [0.15, 0.2) is 30.5 Å². The van der Waals surface area contributed by atoms with Gasteiger partial charge in [0.1, 0.15) is 0 Å². The Morgan fingerprint density at radius 2 is 2.12 bits per heavy atom. The molecule has 1 atom stereocenters. The Labute approximate surface area is 145 Å². The summed E-state index contributed by atoms with van der Waals surface area (Å²) >= 11 is 1.63. The van der Waals surface area contributed by atoms with Crippen LogP contribution in [0.2, 0.25) is 0 Å². The van der Waals surface area contributed by atoms with Gasteiger partial charge in [0.05, 0.1) is 11.0 Å². The number of nitrogens with zero attached hydrogens (tertiary/aromatic N) is 2. The molecule has 2 aromatic rings. The Bertz CT molecular complexity index is 729. The van der Waals surface area contributed by atoms with Gasteiger partial charge in [0.15, 0.2) is 0 Å². The monoisotopic (exact) mass is 346 g/mol. The number of carbonyl (C=O) groups excluding carboxylic acids is 2. The highest BCUT2D eigenvalue weighted by molar-refractivity contribution is 7.11. The number of likely N-dealkylation sites (N-methyl/N-ethyl adjacent to an activating group) is 1. The van der Waals surface area contributed by atoms with Crippen molar-refractivity contribution in [1.29, 1.82) is 0 Å². The molecule has 128 valence electrons. The third-order valence-corrected chi connectivity index (χ3v) is 4.63. The summed E-state index contributed by atoms with van der Waals surface area (Å²) in [6.07, 6.45) is 1.84. The zero-order valence-electron chi connectivity index (χ0n) is 14.3. The molecule has 1 aromatic carbocycles. The lowest BCUT2D eigenvalue weighted by Crippen LogP contribution is -2.39. The normalized spacial score (nSPS) is 12.0. The number of hydrogen-bond donors (Lipinski definition) is 2. The van der Waals surface area contributed by atoms with Crippen molar-refractivity contribution in [2.24, 2.45) is 0 Å². The Kier molecular flexibility index (Phi) is 6.05. The number of hydrogen-bond acceptors (Lipinski definition) is 5. The van der Waals surface area contributed by atoms with Crippen LogP contribution in [0.1, 0.15) is 27.2 Å². The second-order valence-corrected chi connectivity index (χ2v) is 6.91. The van der Waals surface area contributed by atoms with E-state index in [1.54, 1.807) is 42.6 Å². The number of aryl methyl sites for hydroxylation is 1. The predicted molar refractivity (Wildman–Crippen MR) is 96.2 cm³/mol. The molecule has 0 aliphatic heterocycles. The van der Waals surface area contributed by atoms with Gasteiger partial charge in [0.2, 0.25) is 5.91 Å². The fourth-order valence-corrected chi connectivity index (χ4v) is 3.05. The zero-order valence-corrected chi connectivity index (χ0v) is 15.1. The number of anilines is 1. The van der Waals surface area contributed by atoms with E-state index in [9.17, 15) is 9.59 Å². The number of carbonyl (C=O) groups is 2. The highest BCUT2D eigenvalue weighted by Gasteiger charge is 2.19. The van der Waals surface area contributed by atoms with Gasteiger partial charge in [-0.15, -0.1) is 11.3 Å². The SMILES string of the molecule is CNC(=O)c1cccc(NC(=O)[C@@H](C)N(C)Cc2cnc(C)s2)c1. The maximum absolute atomic E-state index is 12.4. The van der Waals surface area contributed by atoms with Gasteiger partial charge in [-0.1, -0.05) is 6.07 Å². The van der Waals surface area contributed by atoms with Gasteiger partial charge in [-0.2, -0.15) is 0 Å². The molecule has 2 N–H and O–H groups in total. The van der Waals surface area contributed by atoms with Crippen molar-refractivity contribution in [1.82, 2.24) is 15.2 Å². The van der Waals surface area contributed by atoms with E-state index in [1.807, 2.05) is 32.0 Å².